The second-order valence-corrected chi connectivity index (χ2v) is 6.87. The Morgan fingerprint density at radius 2 is 2.14 bits per heavy atom. The monoisotopic (exact) mass is 380 g/mol. The van der Waals surface area contributed by atoms with Gasteiger partial charge in [-0.3, -0.25) is 0 Å². The smallest absolute Gasteiger partial charge is 0.330 e. The summed E-state index contributed by atoms with van der Waals surface area (Å²) in [7, 11) is 0. The summed E-state index contributed by atoms with van der Waals surface area (Å²) in [4.78, 5) is 12.0. The molecule has 146 valence electrons. The number of nitriles is 1. The van der Waals surface area contributed by atoms with Gasteiger partial charge in [0.25, 0.3) is 0 Å². The minimum absolute atomic E-state index is 0.327. The summed E-state index contributed by atoms with van der Waals surface area (Å²) >= 11 is 0. The number of aryl methyl sites for hydroxylation is 1. The Bertz CT molecular complexity index is 852. The van der Waals surface area contributed by atoms with E-state index >= 15 is 0 Å². The van der Waals surface area contributed by atoms with E-state index in [2.05, 4.69) is 11.4 Å². The molecule has 2 N–H and O–H groups in total. The Balaban J connectivity index is 1.86. The second-order valence-electron chi connectivity index (χ2n) is 6.87. The zero-order valence-electron chi connectivity index (χ0n) is 15.9. The first-order chi connectivity index (χ1) is 13.6. The van der Waals surface area contributed by atoms with Crippen LogP contribution in [0.1, 0.15) is 36.1 Å². The number of rotatable bonds is 8. The topological polar surface area (TPSA) is 91.6 Å². The summed E-state index contributed by atoms with van der Waals surface area (Å²) in [5.74, 6) is -0.0993. The van der Waals surface area contributed by atoms with E-state index in [9.17, 15) is 9.90 Å². The van der Waals surface area contributed by atoms with Gasteiger partial charge in [0, 0.05) is 23.8 Å². The summed E-state index contributed by atoms with van der Waals surface area (Å²) in [6.45, 7) is 3.95. The van der Waals surface area contributed by atoms with Crippen molar-refractivity contribution in [2.45, 2.75) is 25.8 Å². The van der Waals surface area contributed by atoms with Crippen molar-refractivity contribution >= 4 is 11.7 Å². The standard InChI is InChI=1S/C22H24N2O4/c1-2-15-5-8-20(28-14-17-9-10-27-13-17)19(11-15)21(22(25)26)24-18-6-3-16(12-23)4-7-18/h3-8,11,17,21,24H,2,9-10,13-14H2,1H3,(H,25,26). The maximum Gasteiger partial charge on any atom is 0.330 e. The first kappa shape index (κ1) is 19.7. The second kappa shape index (κ2) is 9.25. The highest BCUT2D eigenvalue weighted by atomic mass is 16.5. The SMILES string of the molecule is CCc1ccc(OCC2CCOC2)c(C(Nc2ccc(C#N)cc2)C(=O)O)c1. The summed E-state index contributed by atoms with van der Waals surface area (Å²) in [5.41, 5.74) is 2.78. The van der Waals surface area contributed by atoms with Crippen LogP contribution >= 0.6 is 0 Å². The Kier molecular flexibility index (Phi) is 6.51. The number of benzene rings is 2. The molecule has 3 rings (SSSR count). The van der Waals surface area contributed by atoms with Crippen molar-refractivity contribution in [2.75, 3.05) is 25.1 Å². The Labute approximate surface area is 164 Å². The average molecular weight is 380 g/mol. The number of carbonyl (C=O) groups is 1. The predicted molar refractivity (Wildman–Crippen MR) is 105 cm³/mol. The molecule has 6 nitrogen and oxygen atoms in total. The van der Waals surface area contributed by atoms with E-state index in [0.29, 0.717) is 41.7 Å². The number of ether oxygens (including phenoxy) is 2. The Hall–Kier alpha value is -3.04. The van der Waals surface area contributed by atoms with Crippen molar-refractivity contribution in [3.8, 4) is 11.8 Å². The van der Waals surface area contributed by atoms with Crippen molar-refractivity contribution in [3.63, 3.8) is 0 Å². The summed E-state index contributed by atoms with van der Waals surface area (Å²) in [5, 5.41) is 21.8. The molecule has 0 aliphatic carbocycles. The van der Waals surface area contributed by atoms with Crippen LogP contribution in [0.25, 0.3) is 0 Å². The lowest BCUT2D eigenvalue weighted by Crippen LogP contribution is -2.22. The van der Waals surface area contributed by atoms with Gasteiger partial charge in [0.1, 0.15) is 5.75 Å². The largest absolute Gasteiger partial charge is 0.493 e. The molecule has 0 amide bonds. The first-order valence-corrected chi connectivity index (χ1v) is 9.43. The normalized spacial score (nSPS) is 16.9. The zero-order chi connectivity index (χ0) is 19.9. The highest BCUT2D eigenvalue weighted by molar-refractivity contribution is 5.80. The van der Waals surface area contributed by atoms with E-state index in [1.807, 2.05) is 25.1 Å². The molecule has 2 aromatic rings. The van der Waals surface area contributed by atoms with Gasteiger partial charge in [0.05, 0.1) is 24.8 Å². The molecule has 0 spiro atoms. The predicted octanol–water partition coefficient (Wildman–Crippen LogP) is 3.77. The van der Waals surface area contributed by atoms with Crippen LogP contribution in [0.2, 0.25) is 0 Å². The van der Waals surface area contributed by atoms with E-state index in [4.69, 9.17) is 14.7 Å². The third kappa shape index (κ3) is 4.81. The molecule has 28 heavy (non-hydrogen) atoms. The van der Waals surface area contributed by atoms with Crippen LogP contribution in [0.4, 0.5) is 5.69 Å². The third-order valence-corrected chi connectivity index (χ3v) is 4.86. The molecular formula is C22H24N2O4. The lowest BCUT2D eigenvalue weighted by atomic mass is 10.0. The highest BCUT2D eigenvalue weighted by Gasteiger charge is 2.25. The summed E-state index contributed by atoms with van der Waals surface area (Å²) < 4.78 is 11.4. The fourth-order valence-corrected chi connectivity index (χ4v) is 3.18. The molecule has 0 bridgehead atoms. The van der Waals surface area contributed by atoms with Gasteiger partial charge >= 0.3 is 5.97 Å². The number of aliphatic carboxylic acids is 1. The van der Waals surface area contributed by atoms with Crippen molar-refractivity contribution in [1.29, 1.82) is 5.26 Å². The van der Waals surface area contributed by atoms with Crippen LogP contribution < -0.4 is 10.1 Å². The summed E-state index contributed by atoms with van der Waals surface area (Å²) in [6.07, 6.45) is 1.75. The minimum atomic E-state index is -0.994. The zero-order valence-corrected chi connectivity index (χ0v) is 15.9. The number of nitrogens with zero attached hydrogens (tertiary/aromatic N) is 1. The van der Waals surface area contributed by atoms with Gasteiger partial charge < -0.3 is 19.9 Å². The number of hydrogen-bond acceptors (Lipinski definition) is 5. The molecule has 1 aliphatic heterocycles. The van der Waals surface area contributed by atoms with Crippen LogP contribution in [0, 0.1) is 17.2 Å². The van der Waals surface area contributed by atoms with Gasteiger partial charge in [-0.1, -0.05) is 13.0 Å². The average Bonchev–Trinajstić information content (AvgIpc) is 3.24. The maximum absolute atomic E-state index is 12.0. The van der Waals surface area contributed by atoms with Crippen LogP contribution in [-0.2, 0) is 16.0 Å². The number of carboxylic acid groups (broad SMARTS) is 1. The lowest BCUT2D eigenvalue weighted by Gasteiger charge is -2.21. The van der Waals surface area contributed by atoms with Crippen LogP contribution in [0.15, 0.2) is 42.5 Å². The maximum atomic E-state index is 12.0. The Morgan fingerprint density at radius 1 is 1.36 bits per heavy atom. The van der Waals surface area contributed by atoms with E-state index in [0.717, 1.165) is 25.0 Å². The van der Waals surface area contributed by atoms with Crippen LogP contribution in [0.5, 0.6) is 5.75 Å². The van der Waals surface area contributed by atoms with Crippen LogP contribution in [0.3, 0.4) is 0 Å². The summed E-state index contributed by atoms with van der Waals surface area (Å²) in [6, 6.07) is 13.5. The quantitative estimate of drug-likeness (QED) is 0.724. The van der Waals surface area contributed by atoms with Crippen molar-refractivity contribution in [1.82, 2.24) is 0 Å². The lowest BCUT2D eigenvalue weighted by molar-refractivity contribution is -0.138. The molecule has 0 aromatic heterocycles. The molecule has 1 fully saturated rings. The van der Waals surface area contributed by atoms with E-state index in [1.165, 1.54) is 0 Å². The van der Waals surface area contributed by atoms with E-state index in [1.54, 1.807) is 24.3 Å². The van der Waals surface area contributed by atoms with Gasteiger partial charge in [0.2, 0.25) is 0 Å². The number of carboxylic acids is 1. The molecule has 1 aliphatic rings. The third-order valence-electron chi connectivity index (χ3n) is 4.86. The number of hydrogen-bond donors (Lipinski definition) is 2. The molecular weight excluding hydrogens is 356 g/mol. The van der Waals surface area contributed by atoms with Gasteiger partial charge in [-0.2, -0.15) is 5.26 Å². The number of nitrogens with one attached hydrogen (secondary N) is 1. The molecule has 1 saturated heterocycles. The minimum Gasteiger partial charge on any atom is -0.493 e. The van der Waals surface area contributed by atoms with Crippen molar-refractivity contribution in [2.24, 2.45) is 5.92 Å². The molecule has 1 heterocycles. The first-order valence-electron chi connectivity index (χ1n) is 9.43. The number of anilines is 1. The molecule has 2 aromatic carbocycles. The van der Waals surface area contributed by atoms with Crippen LogP contribution in [-0.4, -0.2) is 30.9 Å². The fraction of sp³-hybridized carbons (Fsp3) is 0.364. The molecule has 6 heteroatoms. The van der Waals surface area contributed by atoms with Gasteiger partial charge in [-0.05, 0) is 54.8 Å². The molecule has 0 radical (unpaired) electrons. The van der Waals surface area contributed by atoms with Crippen molar-refractivity contribution < 1.29 is 19.4 Å². The molecule has 2 atom stereocenters. The molecule has 0 saturated carbocycles. The van der Waals surface area contributed by atoms with Gasteiger partial charge in [-0.15, -0.1) is 0 Å². The van der Waals surface area contributed by atoms with Gasteiger partial charge in [0.15, 0.2) is 6.04 Å². The fourth-order valence-electron chi connectivity index (χ4n) is 3.18. The van der Waals surface area contributed by atoms with E-state index < -0.39 is 12.0 Å². The van der Waals surface area contributed by atoms with Crippen molar-refractivity contribution in [3.05, 3.63) is 59.2 Å². The molecule has 2 unspecified atom stereocenters. The van der Waals surface area contributed by atoms with E-state index in [-0.39, 0.29) is 0 Å². The van der Waals surface area contributed by atoms with Gasteiger partial charge in [-0.25, -0.2) is 4.79 Å². The highest BCUT2D eigenvalue weighted by Crippen LogP contribution is 2.31. The Morgan fingerprint density at radius 3 is 2.75 bits per heavy atom.